The van der Waals surface area contributed by atoms with Crippen LogP contribution in [0.5, 0.6) is 5.75 Å². The Bertz CT molecular complexity index is 1290. The number of fused-ring (bicyclic) bond motifs is 1. The van der Waals surface area contributed by atoms with Gasteiger partial charge >= 0.3 is 0 Å². The number of benzene rings is 3. The van der Waals surface area contributed by atoms with Crippen molar-refractivity contribution in [2.45, 2.75) is 20.3 Å². The summed E-state index contributed by atoms with van der Waals surface area (Å²) in [7, 11) is 0. The normalized spacial score (nSPS) is 10.8. The number of ether oxygens (including phenoxy) is 1. The standard InChI is InChI=1S/C26H23NO4/c1-3-18-8-7-11-20(14-18)27-24(28)16-30-21-12-13-22-23(15-21)31-17(2)25(26(22)29)19-9-5-4-6-10-19/h4-15H,3,16H2,1-2H3,(H,27,28). The minimum absolute atomic E-state index is 0.0925. The van der Waals surface area contributed by atoms with Gasteiger partial charge < -0.3 is 14.5 Å². The Morgan fingerprint density at radius 1 is 1.00 bits per heavy atom. The SMILES string of the molecule is CCc1cccc(NC(=O)COc2ccc3c(=O)c(-c4ccccc4)c(C)oc3c2)c1. The molecular formula is C26H23NO4. The molecule has 0 aliphatic rings. The number of amides is 1. The van der Waals surface area contributed by atoms with Gasteiger partial charge in [0.25, 0.3) is 5.91 Å². The summed E-state index contributed by atoms with van der Waals surface area (Å²) in [5, 5.41) is 3.30. The van der Waals surface area contributed by atoms with E-state index >= 15 is 0 Å². The number of anilines is 1. The highest BCUT2D eigenvalue weighted by molar-refractivity contribution is 5.92. The second-order valence-corrected chi connectivity index (χ2v) is 7.28. The summed E-state index contributed by atoms with van der Waals surface area (Å²) in [6.07, 6.45) is 0.897. The molecule has 5 nitrogen and oxygen atoms in total. The lowest BCUT2D eigenvalue weighted by Gasteiger charge is -2.10. The summed E-state index contributed by atoms with van der Waals surface area (Å²) >= 11 is 0. The van der Waals surface area contributed by atoms with Crippen molar-refractivity contribution in [3.8, 4) is 16.9 Å². The largest absolute Gasteiger partial charge is 0.484 e. The van der Waals surface area contributed by atoms with Crippen LogP contribution < -0.4 is 15.5 Å². The molecule has 1 aromatic heterocycles. The van der Waals surface area contributed by atoms with Crippen molar-refractivity contribution in [3.05, 3.63) is 94.3 Å². The zero-order valence-corrected chi connectivity index (χ0v) is 17.5. The van der Waals surface area contributed by atoms with E-state index in [-0.39, 0.29) is 17.9 Å². The van der Waals surface area contributed by atoms with E-state index in [1.807, 2.05) is 54.6 Å². The Kier molecular flexibility index (Phi) is 5.85. The maximum absolute atomic E-state index is 13.0. The van der Waals surface area contributed by atoms with Crippen LogP contribution in [0.3, 0.4) is 0 Å². The van der Waals surface area contributed by atoms with Gasteiger partial charge in [0.15, 0.2) is 6.61 Å². The van der Waals surface area contributed by atoms with Crippen molar-refractivity contribution in [1.82, 2.24) is 0 Å². The van der Waals surface area contributed by atoms with Crippen molar-refractivity contribution >= 4 is 22.6 Å². The molecule has 3 aromatic carbocycles. The minimum Gasteiger partial charge on any atom is -0.484 e. The van der Waals surface area contributed by atoms with Gasteiger partial charge in [0.05, 0.1) is 10.9 Å². The van der Waals surface area contributed by atoms with Gasteiger partial charge in [0.2, 0.25) is 5.43 Å². The zero-order chi connectivity index (χ0) is 21.8. The predicted octanol–water partition coefficient (Wildman–Crippen LogP) is 5.35. The average Bonchev–Trinajstić information content (AvgIpc) is 2.78. The van der Waals surface area contributed by atoms with Gasteiger partial charge in [-0.05, 0) is 48.7 Å². The number of carbonyl (C=O) groups excluding carboxylic acids is 1. The number of rotatable bonds is 6. The fourth-order valence-corrected chi connectivity index (χ4v) is 3.53. The second-order valence-electron chi connectivity index (χ2n) is 7.28. The fraction of sp³-hybridized carbons (Fsp3) is 0.154. The van der Waals surface area contributed by atoms with Gasteiger partial charge in [-0.2, -0.15) is 0 Å². The van der Waals surface area contributed by atoms with Gasteiger partial charge in [-0.15, -0.1) is 0 Å². The molecule has 156 valence electrons. The van der Waals surface area contributed by atoms with Crippen molar-refractivity contribution in [1.29, 1.82) is 0 Å². The number of aryl methyl sites for hydroxylation is 2. The summed E-state index contributed by atoms with van der Waals surface area (Å²) in [5.74, 6) is 0.736. The highest BCUT2D eigenvalue weighted by Gasteiger charge is 2.14. The van der Waals surface area contributed by atoms with E-state index in [4.69, 9.17) is 9.15 Å². The van der Waals surface area contributed by atoms with Crippen LogP contribution in [-0.4, -0.2) is 12.5 Å². The lowest BCUT2D eigenvalue weighted by molar-refractivity contribution is -0.118. The zero-order valence-electron chi connectivity index (χ0n) is 17.5. The van der Waals surface area contributed by atoms with Crippen molar-refractivity contribution in [2.75, 3.05) is 11.9 Å². The van der Waals surface area contributed by atoms with Crippen LogP contribution in [-0.2, 0) is 11.2 Å². The first-order valence-corrected chi connectivity index (χ1v) is 10.2. The molecule has 4 aromatic rings. The van der Waals surface area contributed by atoms with Gasteiger partial charge in [-0.3, -0.25) is 9.59 Å². The smallest absolute Gasteiger partial charge is 0.262 e. The Morgan fingerprint density at radius 2 is 1.81 bits per heavy atom. The molecule has 0 saturated carbocycles. The van der Waals surface area contributed by atoms with Crippen LogP contribution in [0.15, 0.2) is 82.0 Å². The first-order chi connectivity index (χ1) is 15.0. The molecule has 1 N–H and O–H groups in total. The third-order valence-electron chi connectivity index (χ3n) is 5.09. The molecule has 5 heteroatoms. The van der Waals surface area contributed by atoms with Crippen LogP contribution in [0.2, 0.25) is 0 Å². The Balaban J connectivity index is 1.52. The first-order valence-electron chi connectivity index (χ1n) is 10.2. The van der Waals surface area contributed by atoms with Gasteiger partial charge in [0, 0.05) is 11.8 Å². The van der Waals surface area contributed by atoms with E-state index < -0.39 is 0 Å². The van der Waals surface area contributed by atoms with E-state index in [1.54, 1.807) is 25.1 Å². The average molecular weight is 413 g/mol. The number of nitrogens with one attached hydrogen (secondary N) is 1. The molecule has 0 atom stereocenters. The maximum atomic E-state index is 13.0. The molecule has 1 heterocycles. The topological polar surface area (TPSA) is 68.5 Å². The molecule has 0 fully saturated rings. The minimum atomic E-state index is -0.259. The lowest BCUT2D eigenvalue weighted by Crippen LogP contribution is -2.20. The monoisotopic (exact) mass is 413 g/mol. The van der Waals surface area contributed by atoms with E-state index in [9.17, 15) is 9.59 Å². The summed E-state index contributed by atoms with van der Waals surface area (Å²) in [5.41, 5.74) is 3.59. The van der Waals surface area contributed by atoms with Gasteiger partial charge in [-0.25, -0.2) is 0 Å². The molecule has 0 aliphatic carbocycles. The predicted molar refractivity (Wildman–Crippen MR) is 123 cm³/mol. The highest BCUT2D eigenvalue weighted by Crippen LogP contribution is 2.26. The molecule has 0 spiro atoms. The Morgan fingerprint density at radius 3 is 2.58 bits per heavy atom. The molecule has 0 saturated heterocycles. The number of hydrogen-bond acceptors (Lipinski definition) is 4. The second kappa shape index (κ2) is 8.88. The van der Waals surface area contributed by atoms with Crippen LogP contribution in [0.25, 0.3) is 22.1 Å². The van der Waals surface area contributed by atoms with E-state index in [0.29, 0.717) is 28.0 Å². The summed E-state index contributed by atoms with van der Waals surface area (Å²) in [6, 6.07) is 22.1. The molecular weight excluding hydrogens is 390 g/mol. The summed E-state index contributed by atoms with van der Waals surface area (Å²) < 4.78 is 11.5. The third kappa shape index (κ3) is 4.51. The molecule has 0 unspecified atom stereocenters. The first kappa shape index (κ1) is 20.4. The van der Waals surface area contributed by atoms with Crippen LogP contribution >= 0.6 is 0 Å². The van der Waals surface area contributed by atoms with Crippen molar-refractivity contribution in [2.24, 2.45) is 0 Å². The Labute approximate surface area is 180 Å². The van der Waals surface area contributed by atoms with Gasteiger partial charge in [0.1, 0.15) is 17.1 Å². The van der Waals surface area contributed by atoms with Crippen LogP contribution in [0, 0.1) is 6.92 Å². The van der Waals surface area contributed by atoms with Crippen molar-refractivity contribution < 1.29 is 13.9 Å². The third-order valence-corrected chi connectivity index (χ3v) is 5.09. The molecule has 31 heavy (non-hydrogen) atoms. The van der Waals surface area contributed by atoms with E-state index in [1.165, 1.54) is 0 Å². The van der Waals surface area contributed by atoms with E-state index in [2.05, 4.69) is 12.2 Å². The molecule has 4 rings (SSSR count). The molecule has 0 aliphatic heterocycles. The van der Waals surface area contributed by atoms with Crippen LogP contribution in [0.1, 0.15) is 18.2 Å². The highest BCUT2D eigenvalue weighted by atomic mass is 16.5. The fourth-order valence-electron chi connectivity index (χ4n) is 3.53. The van der Waals surface area contributed by atoms with Crippen LogP contribution in [0.4, 0.5) is 5.69 Å². The van der Waals surface area contributed by atoms with Crippen molar-refractivity contribution in [3.63, 3.8) is 0 Å². The maximum Gasteiger partial charge on any atom is 0.262 e. The van der Waals surface area contributed by atoms with E-state index in [0.717, 1.165) is 23.2 Å². The lowest BCUT2D eigenvalue weighted by atomic mass is 10.0. The molecule has 0 bridgehead atoms. The quantitative estimate of drug-likeness (QED) is 0.463. The number of hydrogen-bond donors (Lipinski definition) is 1. The summed E-state index contributed by atoms with van der Waals surface area (Å²) in [4.78, 5) is 25.3. The summed E-state index contributed by atoms with van der Waals surface area (Å²) in [6.45, 7) is 3.69. The number of carbonyl (C=O) groups is 1. The molecule has 0 radical (unpaired) electrons. The van der Waals surface area contributed by atoms with Gasteiger partial charge in [-0.1, -0.05) is 49.4 Å². The Hall–Kier alpha value is -3.86. The molecule has 1 amide bonds.